The molecule has 1 aromatic heterocycles. The fourth-order valence-electron chi connectivity index (χ4n) is 2.61. The Balaban J connectivity index is 2.13. The van der Waals surface area contributed by atoms with Crippen molar-refractivity contribution in [3.8, 4) is 0 Å². The summed E-state index contributed by atoms with van der Waals surface area (Å²) in [5.41, 5.74) is -1.74. The first-order chi connectivity index (χ1) is 10.6. The summed E-state index contributed by atoms with van der Waals surface area (Å²) in [6.45, 7) is 1.47. The number of nitrogens with zero attached hydrogens (tertiary/aromatic N) is 1. The third-order valence-corrected chi connectivity index (χ3v) is 5.56. The topological polar surface area (TPSA) is 128 Å². The van der Waals surface area contributed by atoms with Gasteiger partial charge in [-0.15, -0.1) is 0 Å². The number of carboxylic acids is 1. The maximum Gasteiger partial charge on any atom is 0.337 e. The highest BCUT2D eigenvalue weighted by molar-refractivity contribution is 7.89. The average molecular weight is 338 g/mol. The van der Waals surface area contributed by atoms with Crippen molar-refractivity contribution in [2.75, 3.05) is 13.1 Å². The molecule has 3 rings (SSSR count). The molecule has 2 heterocycles. The van der Waals surface area contributed by atoms with Gasteiger partial charge in [-0.2, -0.15) is 4.31 Å². The lowest BCUT2D eigenvalue weighted by molar-refractivity contribution is -0.0426. The Morgan fingerprint density at radius 3 is 2.52 bits per heavy atom. The number of H-pyrrole nitrogens is 1. The van der Waals surface area contributed by atoms with Gasteiger partial charge in [-0.05, 0) is 19.1 Å². The number of benzene rings is 1. The Morgan fingerprint density at radius 2 is 1.96 bits per heavy atom. The predicted octanol–water partition coefficient (Wildman–Crippen LogP) is -0.0184. The van der Waals surface area contributed by atoms with Gasteiger partial charge in [-0.1, -0.05) is 6.07 Å². The van der Waals surface area contributed by atoms with Crippen molar-refractivity contribution in [2.24, 2.45) is 0 Å². The zero-order valence-corrected chi connectivity index (χ0v) is 12.9. The highest BCUT2D eigenvalue weighted by Gasteiger charge is 2.43. The maximum absolute atomic E-state index is 12.5. The largest absolute Gasteiger partial charge is 0.478 e. The predicted molar refractivity (Wildman–Crippen MR) is 80.9 cm³/mol. The molecule has 1 fully saturated rings. The number of sulfonamides is 1. The molecule has 9 heteroatoms. The van der Waals surface area contributed by atoms with Crippen molar-refractivity contribution in [3.63, 3.8) is 0 Å². The van der Waals surface area contributed by atoms with Crippen LogP contribution in [0.3, 0.4) is 0 Å². The molecular weight excluding hydrogens is 324 g/mol. The second kappa shape index (κ2) is 4.88. The third-order valence-electron chi connectivity index (χ3n) is 3.78. The number of aliphatic hydroxyl groups is 1. The molecule has 8 nitrogen and oxygen atoms in total. The van der Waals surface area contributed by atoms with E-state index < -0.39 is 27.2 Å². The molecule has 0 radical (unpaired) electrons. The summed E-state index contributed by atoms with van der Waals surface area (Å²) in [5.74, 6) is -1.22. The number of aromatic nitrogens is 1. The standard InChI is InChI=1S/C14H14N2O6S/c1-14(20)6-16(7-14)23(21,22)8-2-3-9-10(4-8)12(17)15-5-11(9)13(18)19/h2-5,20H,6-7H2,1H3,(H,15,17)(H,18,19). The van der Waals surface area contributed by atoms with Crippen LogP contribution in [0.1, 0.15) is 17.3 Å². The van der Waals surface area contributed by atoms with Crippen molar-refractivity contribution in [3.05, 3.63) is 40.3 Å². The van der Waals surface area contributed by atoms with Gasteiger partial charge in [0, 0.05) is 30.1 Å². The molecule has 0 aliphatic carbocycles. The number of pyridine rings is 1. The molecule has 0 spiro atoms. The van der Waals surface area contributed by atoms with Crippen LogP contribution in [0.15, 0.2) is 34.1 Å². The van der Waals surface area contributed by atoms with E-state index in [1.54, 1.807) is 0 Å². The van der Waals surface area contributed by atoms with Gasteiger partial charge >= 0.3 is 5.97 Å². The molecule has 23 heavy (non-hydrogen) atoms. The maximum atomic E-state index is 12.5. The lowest BCUT2D eigenvalue weighted by Crippen LogP contribution is -2.61. The number of fused-ring (bicyclic) bond motifs is 1. The van der Waals surface area contributed by atoms with Crippen LogP contribution < -0.4 is 5.56 Å². The van der Waals surface area contributed by atoms with Crippen molar-refractivity contribution in [1.82, 2.24) is 9.29 Å². The molecule has 1 aliphatic rings. The Morgan fingerprint density at radius 1 is 1.30 bits per heavy atom. The van der Waals surface area contributed by atoms with E-state index in [0.717, 1.165) is 16.6 Å². The SMILES string of the molecule is CC1(O)CN(S(=O)(=O)c2ccc3c(C(=O)O)c[nH]c(=O)c3c2)C1. The Labute approximate surface area is 131 Å². The second-order valence-corrected chi connectivity index (χ2v) is 7.75. The normalized spacial score (nSPS) is 17.8. The van der Waals surface area contributed by atoms with Gasteiger partial charge < -0.3 is 15.2 Å². The minimum Gasteiger partial charge on any atom is -0.478 e. The third kappa shape index (κ3) is 2.52. The van der Waals surface area contributed by atoms with E-state index in [-0.39, 0.29) is 34.3 Å². The first kappa shape index (κ1) is 15.7. The highest BCUT2D eigenvalue weighted by Crippen LogP contribution is 2.29. The van der Waals surface area contributed by atoms with Gasteiger partial charge in [-0.3, -0.25) is 4.79 Å². The fourth-order valence-corrected chi connectivity index (χ4v) is 4.31. The minimum atomic E-state index is -3.84. The summed E-state index contributed by atoms with van der Waals surface area (Å²) < 4.78 is 26.0. The quantitative estimate of drug-likeness (QED) is 0.722. The molecule has 1 aliphatic heterocycles. The molecule has 1 saturated heterocycles. The van der Waals surface area contributed by atoms with Crippen LogP contribution >= 0.6 is 0 Å². The van der Waals surface area contributed by atoms with Gasteiger partial charge in [0.15, 0.2) is 0 Å². The fraction of sp³-hybridized carbons (Fsp3) is 0.286. The van der Waals surface area contributed by atoms with Gasteiger partial charge in [0.1, 0.15) is 0 Å². The lowest BCUT2D eigenvalue weighted by atomic mass is 10.0. The van der Waals surface area contributed by atoms with Gasteiger partial charge in [0.05, 0.1) is 16.1 Å². The van der Waals surface area contributed by atoms with Crippen molar-refractivity contribution < 1.29 is 23.4 Å². The number of carboxylic acid groups (broad SMARTS) is 1. The molecule has 0 unspecified atom stereocenters. The number of hydrogen-bond donors (Lipinski definition) is 3. The number of β-amino-alcohol motifs (C(OH)–C–C–N with tert-alkyl or cyclic N) is 1. The van der Waals surface area contributed by atoms with Crippen molar-refractivity contribution in [2.45, 2.75) is 17.4 Å². The number of rotatable bonds is 3. The molecule has 1 aromatic carbocycles. The zero-order chi connectivity index (χ0) is 17.0. The van der Waals surface area contributed by atoms with E-state index in [4.69, 9.17) is 5.11 Å². The van der Waals surface area contributed by atoms with E-state index in [1.165, 1.54) is 19.1 Å². The van der Waals surface area contributed by atoms with Gasteiger partial charge in [0.2, 0.25) is 10.0 Å². The molecule has 0 atom stereocenters. The van der Waals surface area contributed by atoms with Crippen LogP contribution in [0.4, 0.5) is 0 Å². The zero-order valence-electron chi connectivity index (χ0n) is 12.1. The van der Waals surface area contributed by atoms with E-state index in [9.17, 15) is 23.1 Å². The van der Waals surface area contributed by atoms with Crippen LogP contribution in [-0.2, 0) is 10.0 Å². The summed E-state index contributed by atoms with van der Waals surface area (Å²) in [7, 11) is -3.84. The average Bonchev–Trinajstić information content (AvgIpc) is 2.44. The summed E-state index contributed by atoms with van der Waals surface area (Å²) in [5, 5.41) is 18.9. The van der Waals surface area contributed by atoms with Crippen molar-refractivity contribution in [1.29, 1.82) is 0 Å². The van der Waals surface area contributed by atoms with Crippen LogP contribution in [0, 0.1) is 0 Å². The first-order valence-electron chi connectivity index (χ1n) is 6.73. The van der Waals surface area contributed by atoms with Crippen LogP contribution in [0.5, 0.6) is 0 Å². The van der Waals surface area contributed by atoms with E-state index in [2.05, 4.69) is 4.98 Å². The van der Waals surface area contributed by atoms with E-state index >= 15 is 0 Å². The molecular formula is C14H14N2O6S. The van der Waals surface area contributed by atoms with Crippen LogP contribution in [0.2, 0.25) is 0 Å². The van der Waals surface area contributed by atoms with Crippen molar-refractivity contribution >= 4 is 26.8 Å². The van der Waals surface area contributed by atoms with E-state index in [1.807, 2.05) is 0 Å². The van der Waals surface area contributed by atoms with Gasteiger partial charge in [0.25, 0.3) is 5.56 Å². The molecule has 0 saturated carbocycles. The summed E-state index contributed by atoms with van der Waals surface area (Å²) in [6.07, 6.45) is 1.08. The first-order valence-corrected chi connectivity index (χ1v) is 8.17. The molecule has 3 N–H and O–H groups in total. The number of aromatic amines is 1. The van der Waals surface area contributed by atoms with E-state index in [0.29, 0.717) is 0 Å². The lowest BCUT2D eigenvalue weighted by Gasteiger charge is -2.42. The number of carbonyl (C=O) groups is 1. The summed E-state index contributed by atoms with van der Waals surface area (Å²) in [4.78, 5) is 25.2. The molecule has 122 valence electrons. The van der Waals surface area contributed by atoms with Gasteiger partial charge in [-0.25, -0.2) is 13.2 Å². The molecule has 0 amide bonds. The highest BCUT2D eigenvalue weighted by atomic mass is 32.2. The number of aromatic carboxylic acids is 1. The number of nitrogens with one attached hydrogen (secondary N) is 1. The Kier molecular flexibility index (Phi) is 3.32. The summed E-state index contributed by atoms with van der Waals surface area (Å²) in [6, 6.07) is 3.72. The second-order valence-electron chi connectivity index (χ2n) is 5.81. The van der Waals surface area contributed by atoms with Crippen LogP contribution in [0.25, 0.3) is 10.8 Å². The Bertz CT molecular complexity index is 968. The summed E-state index contributed by atoms with van der Waals surface area (Å²) >= 11 is 0. The smallest absolute Gasteiger partial charge is 0.337 e. The van der Waals surface area contributed by atoms with Crippen LogP contribution in [-0.4, -0.2) is 52.6 Å². The monoisotopic (exact) mass is 338 g/mol. The Hall–Kier alpha value is -2.23. The minimum absolute atomic E-state index is 0.0155. The molecule has 2 aromatic rings. The number of hydrogen-bond acceptors (Lipinski definition) is 5. The molecule has 0 bridgehead atoms.